The Morgan fingerprint density at radius 1 is 1.24 bits per heavy atom. The van der Waals surface area contributed by atoms with Crippen molar-refractivity contribution in [2.24, 2.45) is 0 Å². The van der Waals surface area contributed by atoms with Crippen LogP contribution in [0, 0.1) is 0 Å². The van der Waals surface area contributed by atoms with Crippen LogP contribution in [0.2, 0.25) is 10.0 Å². The topological polar surface area (TPSA) is 58.6 Å². The molecule has 0 saturated heterocycles. The summed E-state index contributed by atoms with van der Waals surface area (Å²) in [7, 11) is 1.50. The predicted molar refractivity (Wildman–Crippen MR) is 83.7 cm³/mol. The third-order valence-electron chi connectivity index (χ3n) is 2.87. The van der Waals surface area contributed by atoms with Crippen LogP contribution in [0.3, 0.4) is 0 Å². The Bertz CT molecular complexity index is 651. The monoisotopic (exact) mass is 325 g/mol. The molecule has 6 heteroatoms. The highest BCUT2D eigenvalue weighted by Gasteiger charge is 2.09. The Morgan fingerprint density at radius 2 is 1.90 bits per heavy atom. The van der Waals surface area contributed by atoms with Crippen LogP contribution in [0.15, 0.2) is 36.4 Å². The number of hydrogen-bond donors (Lipinski definition) is 2. The minimum absolute atomic E-state index is 0.228. The van der Waals surface area contributed by atoms with Gasteiger partial charge in [0, 0.05) is 12.2 Å². The van der Waals surface area contributed by atoms with Gasteiger partial charge in [-0.1, -0.05) is 29.3 Å². The molecule has 0 fully saturated rings. The maximum Gasteiger partial charge on any atom is 0.335 e. The molecule has 2 aromatic carbocycles. The van der Waals surface area contributed by atoms with E-state index in [1.165, 1.54) is 13.2 Å². The number of ether oxygens (including phenoxy) is 1. The fourth-order valence-electron chi connectivity index (χ4n) is 1.88. The molecule has 2 rings (SSSR count). The van der Waals surface area contributed by atoms with Gasteiger partial charge < -0.3 is 15.2 Å². The highest BCUT2D eigenvalue weighted by molar-refractivity contribution is 6.37. The van der Waals surface area contributed by atoms with Gasteiger partial charge in [0.05, 0.1) is 22.7 Å². The smallest absolute Gasteiger partial charge is 0.335 e. The fraction of sp³-hybridized carbons (Fsp3) is 0.133. The van der Waals surface area contributed by atoms with Crippen LogP contribution in [0.4, 0.5) is 5.69 Å². The zero-order chi connectivity index (χ0) is 15.4. The number of nitrogens with one attached hydrogen (secondary N) is 1. The van der Waals surface area contributed by atoms with E-state index in [9.17, 15) is 4.79 Å². The first kappa shape index (κ1) is 15.5. The number of carboxylic acids is 1. The Balaban J connectivity index is 2.13. The Hall–Kier alpha value is -1.91. The van der Waals surface area contributed by atoms with Crippen LogP contribution in [-0.4, -0.2) is 18.2 Å². The lowest BCUT2D eigenvalue weighted by Gasteiger charge is -2.11. The van der Waals surface area contributed by atoms with Gasteiger partial charge in [-0.3, -0.25) is 0 Å². The number of halogens is 2. The summed E-state index contributed by atoms with van der Waals surface area (Å²) in [6.07, 6.45) is 0. The molecule has 0 atom stereocenters. The molecule has 0 aliphatic heterocycles. The number of hydrogen-bond acceptors (Lipinski definition) is 3. The van der Waals surface area contributed by atoms with Crippen molar-refractivity contribution >= 4 is 34.9 Å². The lowest BCUT2D eigenvalue weighted by Crippen LogP contribution is -2.02. The van der Waals surface area contributed by atoms with Crippen molar-refractivity contribution < 1.29 is 14.6 Å². The number of carbonyl (C=O) groups is 1. The van der Waals surface area contributed by atoms with E-state index in [0.29, 0.717) is 28.0 Å². The number of benzene rings is 2. The lowest BCUT2D eigenvalue weighted by molar-refractivity contribution is 0.0697. The summed E-state index contributed by atoms with van der Waals surface area (Å²) in [5, 5.41) is 12.9. The first-order valence-corrected chi connectivity index (χ1v) is 6.86. The zero-order valence-corrected chi connectivity index (χ0v) is 12.7. The van der Waals surface area contributed by atoms with E-state index in [4.69, 9.17) is 33.0 Å². The lowest BCUT2D eigenvalue weighted by atomic mass is 10.2. The molecule has 0 aliphatic carbocycles. The average molecular weight is 326 g/mol. The SMILES string of the molecule is COc1c(Cl)cc(CNc2cccc(C(=O)O)c2)cc1Cl. The molecular formula is C15H13Cl2NO3. The van der Waals surface area contributed by atoms with Crippen molar-refractivity contribution in [3.8, 4) is 5.75 Å². The quantitative estimate of drug-likeness (QED) is 0.859. The van der Waals surface area contributed by atoms with E-state index < -0.39 is 5.97 Å². The Labute approximate surface area is 132 Å². The highest BCUT2D eigenvalue weighted by Crippen LogP contribution is 2.34. The van der Waals surface area contributed by atoms with E-state index in [0.717, 1.165) is 5.56 Å². The number of rotatable bonds is 5. The van der Waals surface area contributed by atoms with Gasteiger partial charge in [-0.25, -0.2) is 4.79 Å². The summed E-state index contributed by atoms with van der Waals surface area (Å²) in [5.41, 5.74) is 1.80. The number of aromatic carboxylic acids is 1. The van der Waals surface area contributed by atoms with E-state index in [1.807, 2.05) is 0 Å². The van der Waals surface area contributed by atoms with E-state index in [1.54, 1.807) is 30.3 Å². The molecule has 2 N–H and O–H groups in total. The van der Waals surface area contributed by atoms with Gasteiger partial charge in [0.25, 0.3) is 0 Å². The molecule has 0 bridgehead atoms. The molecule has 4 nitrogen and oxygen atoms in total. The molecule has 0 radical (unpaired) electrons. The van der Waals surface area contributed by atoms with Crippen molar-refractivity contribution in [2.45, 2.75) is 6.54 Å². The van der Waals surface area contributed by atoms with Gasteiger partial charge in [0.15, 0.2) is 5.75 Å². The maximum absolute atomic E-state index is 10.9. The molecule has 0 heterocycles. The van der Waals surface area contributed by atoms with Crippen molar-refractivity contribution in [3.63, 3.8) is 0 Å². The highest BCUT2D eigenvalue weighted by atomic mass is 35.5. The maximum atomic E-state index is 10.9. The molecule has 110 valence electrons. The summed E-state index contributed by atoms with van der Waals surface area (Å²) < 4.78 is 5.09. The molecule has 21 heavy (non-hydrogen) atoms. The zero-order valence-electron chi connectivity index (χ0n) is 11.2. The average Bonchev–Trinajstić information content (AvgIpc) is 2.45. The molecule has 0 unspecified atom stereocenters. The van der Waals surface area contributed by atoms with Crippen LogP contribution in [-0.2, 0) is 6.54 Å². The second-order valence-electron chi connectivity index (χ2n) is 4.33. The third kappa shape index (κ3) is 3.80. The standard InChI is InChI=1S/C15H13Cl2NO3/c1-21-14-12(16)5-9(6-13(14)17)8-18-11-4-2-3-10(7-11)15(19)20/h2-7,18H,8H2,1H3,(H,19,20). The van der Waals surface area contributed by atoms with Crippen molar-refractivity contribution in [2.75, 3.05) is 12.4 Å². The summed E-state index contributed by atoms with van der Waals surface area (Å²) >= 11 is 12.1. The molecule has 2 aromatic rings. The van der Waals surface area contributed by atoms with Crippen LogP contribution < -0.4 is 10.1 Å². The number of carboxylic acid groups (broad SMARTS) is 1. The van der Waals surface area contributed by atoms with Crippen molar-refractivity contribution in [3.05, 3.63) is 57.6 Å². The molecule has 0 amide bonds. The second kappa shape index (κ2) is 6.70. The largest absolute Gasteiger partial charge is 0.494 e. The van der Waals surface area contributed by atoms with Crippen LogP contribution in [0.25, 0.3) is 0 Å². The van der Waals surface area contributed by atoms with Gasteiger partial charge in [-0.2, -0.15) is 0 Å². The van der Waals surface area contributed by atoms with Gasteiger partial charge in [0.2, 0.25) is 0 Å². The van der Waals surface area contributed by atoms with Crippen LogP contribution in [0.5, 0.6) is 5.75 Å². The third-order valence-corrected chi connectivity index (χ3v) is 3.43. The Kier molecular flexibility index (Phi) is 4.94. The van der Waals surface area contributed by atoms with Gasteiger partial charge in [0.1, 0.15) is 0 Å². The summed E-state index contributed by atoms with van der Waals surface area (Å²) in [5.74, 6) is -0.524. The fourth-order valence-corrected chi connectivity index (χ4v) is 2.56. The van der Waals surface area contributed by atoms with E-state index >= 15 is 0 Å². The Morgan fingerprint density at radius 3 is 2.48 bits per heavy atom. The normalized spacial score (nSPS) is 10.2. The molecular weight excluding hydrogens is 313 g/mol. The number of anilines is 1. The predicted octanol–water partition coefficient (Wildman–Crippen LogP) is 4.31. The minimum Gasteiger partial charge on any atom is -0.494 e. The molecule has 0 saturated carbocycles. The van der Waals surface area contributed by atoms with Crippen molar-refractivity contribution in [1.29, 1.82) is 0 Å². The van der Waals surface area contributed by atoms with Gasteiger partial charge in [-0.15, -0.1) is 0 Å². The van der Waals surface area contributed by atoms with Crippen LogP contribution in [0.1, 0.15) is 15.9 Å². The molecule has 0 spiro atoms. The second-order valence-corrected chi connectivity index (χ2v) is 5.15. The first-order chi connectivity index (χ1) is 10.0. The first-order valence-electron chi connectivity index (χ1n) is 6.10. The molecule has 0 aromatic heterocycles. The van der Waals surface area contributed by atoms with Gasteiger partial charge in [-0.05, 0) is 35.9 Å². The van der Waals surface area contributed by atoms with Crippen molar-refractivity contribution in [1.82, 2.24) is 0 Å². The van der Waals surface area contributed by atoms with E-state index in [2.05, 4.69) is 5.32 Å². The summed E-state index contributed by atoms with van der Waals surface area (Å²) in [6, 6.07) is 10.1. The summed E-state index contributed by atoms with van der Waals surface area (Å²) in [6.45, 7) is 0.465. The van der Waals surface area contributed by atoms with Crippen LogP contribution >= 0.6 is 23.2 Å². The molecule has 0 aliphatic rings. The summed E-state index contributed by atoms with van der Waals surface area (Å²) in [4.78, 5) is 10.9. The number of methoxy groups -OCH3 is 1. The van der Waals surface area contributed by atoms with Gasteiger partial charge >= 0.3 is 5.97 Å². The minimum atomic E-state index is -0.964. The van der Waals surface area contributed by atoms with E-state index in [-0.39, 0.29) is 5.56 Å².